The molecule has 0 aliphatic heterocycles. The van der Waals surface area contributed by atoms with Gasteiger partial charge >= 0.3 is 0 Å². The van der Waals surface area contributed by atoms with Crippen LogP contribution in [0.3, 0.4) is 0 Å². The highest BCUT2D eigenvalue weighted by atomic mass is 16.1. The number of fused-ring (bicyclic) bond motifs is 2. The van der Waals surface area contributed by atoms with Crippen molar-refractivity contribution in [1.29, 1.82) is 0 Å². The molecule has 5 aromatic rings. The van der Waals surface area contributed by atoms with E-state index in [1.807, 2.05) is 67.7 Å². The van der Waals surface area contributed by atoms with E-state index in [9.17, 15) is 4.79 Å². The maximum absolute atomic E-state index is 13.0. The topological polar surface area (TPSA) is 88.0 Å². The van der Waals surface area contributed by atoms with Gasteiger partial charge in [-0.1, -0.05) is 25.1 Å². The van der Waals surface area contributed by atoms with Crippen molar-refractivity contribution in [2.45, 2.75) is 19.8 Å². The molecule has 0 aliphatic carbocycles. The standard InChI is InChI=1S/C23H20N6O/c1-14-7-5-8-16(25-14)15(2)22-21-17(9-6-10-18(21)27-28-22)26-23(30)19-13-24-20-11-3-4-12-29(19)20/h3-13,15H,1-2H3,(H,26,30)(H,27,28). The summed E-state index contributed by atoms with van der Waals surface area (Å²) >= 11 is 0. The van der Waals surface area contributed by atoms with Gasteiger partial charge in [-0.3, -0.25) is 19.3 Å². The van der Waals surface area contributed by atoms with Crippen LogP contribution in [-0.4, -0.2) is 30.5 Å². The summed E-state index contributed by atoms with van der Waals surface area (Å²) in [5, 5.41) is 11.5. The summed E-state index contributed by atoms with van der Waals surface area (Å²) in [5.74, 6) is -0.238. The molecule has 5 rings (SSSR count). The molecule has 0 bridgehead atoms. The average molecular weight is 396 g/mol. The number of amides is 1. The van der Waals surface area contributed by atoms with Gasteiger partial charge in [0.25, 0.3) is 5.91 Å². The Morgan fingerprint density at radius 2 is 1.97 bits per heavy atom. The summed E-state index contributed by atoms with van der Waals surface area (Å²) in [6.07, 6.45) is 3.41. The van der Waals surface area contributed by atoms with Crippen LogP contribution in [-0.2, 0) is 0 Å². The fourth-order valence-electron chi connectivity index (χ4n) is 3.75. The quantitative estimate of drug-likeness (QED) is 0.474. The largest absolute Gasteiger partial charge is 0.320 e. The van der Waals surface area contributed by atoms with Crippen molar-refractivity contribution in [3.8, 4) is 0 Å². The van der Waals surface area contributed by atoms with Gasteiger partial charge in [-0.2, -0.15) is 5.10 Å². The summed E-state index contributed by atoms with van der Waals surface area (Å²) in [7, 11) is 0. The lowest BCUT2D eigenvalue weighted by Crippen LogP contribution is -2.14. The second kappa shape index (κ2) is 7.11. The number of nitrogens with one attached hydrogen (secondary N) is 2. The Bertz CT molecular complexity index is 1380. The zero-order chi connectivity index (χ0) is 20.7. The number of aromatic nitrogens is 5. The Labute approximate surface area is 172 Å². The molecule has 1 atom stereocenters. The molecule has 0 saturated heterocycles. The van der Waals surface area contributed by atoms with Gasteiger partial charge in [-0.05, 0) is 43.3 Å². The Morgan fingerprint density at radius 3 is 2.83 bits per heavy atom. The predicted octanol–water partition coefficient (Wildman–Crippen LogP) is 4.32. The van der Waals surface area contributed by atoms with Gasteiger partial charge in [0.1, 0.15) is 11.3 Å². The maximum atomic E-state index is 13.0. The number of hydrogen-bond donors (Lipinski definition) is 2. The van der Waals surface area contributed by atoms with Crippen LogP contribution in [0, 0.1) is 6.92 Å². The molecule has 148 valence electrons. The molecule has 2 N–H and O–H groups in total. The van der Waals surface area contributed by atoms with Crippen LogP contribution in [0.25, 0.3) is 16.6 Å². The summed E-state index contributed by atoms with van der Waals surface area (Å²) in [6, 6.07) is 17.3. The van der Waals surface area contributed by atoms with Crippen molar-refractivity contribution in [2.24, 2.45) is 0 Å². The van der Waals surface area contributed by atoms with E-state index in [0.717, 1.165) is 33.6 Å². The predicted molar refractivity (Wildman–Crippen MR) is 116 cm³/mol. The monoisotopic (exact) mass is 396 g/mol. The normalized spacial score (nSPS) is 12.3. The Kier molecular flexibility index (Phi) is 4.28. The van der Waals surface area contributed by atoms with Gasteiger partial charge in [0.15, 0.2) is 0 Å². The molecular formula is C23H20N6O. The summed E-state index contributed by atoms with van der Waals surface area (Å²) in [6.45, 7) is 4.06. The average Bonchev–Trinajstić information content (AvgIpc) is 3.38. The molecule has 1 unspecified atom stereocenters. The summed E-state index contributed by atoms with van der Waals surface area (Å²) in [4.78, 5) is 22.0. The van der Waals surface area contributed by atoms with Crippen LogP contribution in [0.4, 0.5) is 5.69 Å². The number of benzene rings is 1. The molecule has 0 saturated carbocycles. The van der Waals surface area contributed by atoms with E-state index in [1.54, 1.807) is 10.6 Å². The van der Waals surface area contributed by atoms with E-state index < -0.39 is 0 Å². The number of nitrogens with zero attached hydrogens (tertiary/aromatic N) is 4. The summed E-state index contributed by atoms with van der Waals surface area (Å²) < 4.78 is 1.77. The number of carbonyl (C=O) groups excluding carboxylic acids is 1. The van der Waals surface area contributed by atoms with Crippen molar-refractivity contribution in [3.05, 3.63) is 89.8 Å². The summed E-state index contributed by atoms with van der Waals surface area (Å²) in [5.41, 5.74) is 5.52. The molecule has 0 radical (unpaired) electrons. The van der Waals surface area contributed by atoms with Crippen LogP contribution in [0.15, 0.2) is 67.0 Å². The second-order valence-corrected chi connectivity index (χ2v) is 7.29. The maximum Gasteiger partial charge on any atom is 0.274 e. The molecule has 4 heterocycles. The number of pyridine rings is 2. The van der Waals surface area contributed by atoms with E-state index in [2.05, 4.69) is 32.4 Å². The molecule has 7 heteroatoms. The smallest absolute Gasteiger partial charge is 0.274 e. The van der Waals surface area contributed by atoms with Crippen molar-refractivity contribution in [1.82, 2.24) is 24.6 Å². The van der Waals surface area contributed by atoms with Crippen molar-refractivity contribution in [2.75, 3.05) is 5.32 Å². The van der Waals surface area contributed by atoms with Gasteiger partial charge in [0.05, 0.1) is 23.1 Å². The number of aryl methyl sites for hydroxylation is 1. The number of hydrogen-bond acceptors (Lipinski definition) is 4. The molecule has 0 aliphatic rings. The molecule has 1 amide bonds. The van der Waals surface area contributed by atoms with Crippen LogP contribution >= 0.6 is 0 Å². The molecule has 7 nitrogen and oxygen atoms in total. The first-order chi connectivity index (χ1) is 14.6. The number of carbonyl (C=O) groups is 1. The highest BCUT2D eigenvalue weighted by Crippen LogP contribution is 2.32. The van der Waals surface area contributed by atoms with E-state index in [4.69, 9.17) is 0 Å². The minimum Gasteiger partial charge on any atom is -0.320 e. The Morgan fingerprint density at radius 1 is 1.10 bits per heavy atom. The number of imidazole rings is 1. The zero-order valence-electron chi connectivity index (χ0n) is 16.6. The first-order valence-corrected chi connectivity index (χ1v) is 9.76. The lowest BCUT2D eigenvalue weighted by Gasteiger charge is -2.13. The molecule has 0 spiro atoms. The second-order valence-electron chi connectivity index (χ2n) is 7.29. The molecule has 4 aromatic heterocycles. The van der Waals surface area contributed by atoms with E-state index in [1.165, 1.54) is 0 Å². The van der Waals surface area contributed by atoms with Gasteiger partial charge in [-0.15, -0.1) is 0 Å². The third-order valence-electron chi connectivity index (χ3n) is 5.29. The Balaban J connectivity index is 1.55. The lowest BCUT2D eigenvalue weighted by atomic mass is 9.98. The van der Waals surface area contributed by atoms with Crippen LogP contribution in [0.5, 0.6) is 0 Å². The highest BCUT2D eigenvalue weighted by molar-refractivity contribution is 6.08. The minimum absolute atomic E-state index is 0.0104. The molecule has 30 heavy (non-hydrogen) atoms. The highest BCUT2D eigenvalue weighted by Gasteiger charge is 2.20. The van der Waals surface area contributed by atoms with Gasteiger partial charge in [0, 0.05) is 28.9 Å². The lowest BCUT2D eigenvalue weighted by molar-refractivity contribution is 0.102. The molecular weight excluding hydrogens is 376 g/mol. The van der Waals surface area contributed by atoms with E-state index in [-0.39, 0.29) is 11.8 Å². The van der Waals surface area contributed by atoms with Gasteiger partial charge in [0.2, 0.25) is 0 Å². The Hall–Kier alpha value is -4.00. The van der Waals surface area contributed by atoms with Gasteiger partial charge in [-0.25, -0.2) is 4.98 Å². The third kappa shape index (κ3) is 3.00. The van der Waals surface area contributed by atoms with Crippen molar-refractivity contribution in [3.63, 3.8) is 0 Å². The molecule has 1 aromatic carbocycles. The van der Waals surface area contributed by atoms with Crippen LogP contribution in [0.1, 0.15) is 40.4 Å². The number of H-pyrrole nitrogens is 1. The van der Waals surface area contributed by atoms with Gasteiger partial charge < -0.3 is 5.32 Å². The van der Waals surface area contributed by atoms with Crippen LogP contribution in [0.2, 0.25) is 0 Å². The zero-order valence-corrected chi connectivity index (χ0v) is 16.6. The third-order valence-corrected chi connectivity index (χ3v) is 5.29. The number of anilines is 1. The van der Waals surface area contributed by atoms with Crippen LogP contribution < -0.4 is 5.32 Å². The fourth-order valence-corrected chi connectivity index (χ4v) is 3.75. The van der Waals surface area contributed by atoms with Crippen molar-refractivity contribution >= 4 is 28.1 Å². The first-order valence-electron chi connectivity index (χ1n) is 9.76. The fraction of sp³-hybridized carbons (Fsp3) is 0.130. The molecule has 0 fully saturated rings. The number of rotatable bonds is 4. The van der Waals surface area contributed by atoms with Crippen molar-refractivity contribution < 1.29 is 4.79 Å². The minimum atomic E-state index is -0.227. The SMILES string of the molecule is Cc1cccc(C(C)c2[nH]nc3cccc(NC(=O)c4cnc5ccccn45)c23)n1. The first kappa shape index (κ1) is 18.1. The van der Waals surface area contributed by atoms with E-state index >= 15 is 0 Å². The van der Waals surface area contributed by atoms with E-state index in [0.29, 0.717) is 11.4 Å². The number of aromatic amines is 1.